The highest BCUT2D eigenvalue weighted by atomic mass is 35.5. The molecule has 6 heteroatoms. The van der Waals surface area contributed by atoms with Crippen molar-refractivity contribution in [3.05, 3.63) is 60.7 Å². The summed E-state index contributed by atoms with van der Waals surface area (Å²) in [5, 5.41) is 0. The van der Waals surface area contributed by atoms with E-state index in [1.807, 2.05) is 12.3 Å². The number of rotatable bonds is 4. The Morgan fingerprint density at radius 1 is 1.04 bits per heavy atom. The van der Waals surface area contributed by atoms with Crippen LogP contribution in [-0.2, 0) is 6.54 Å². The fourth-order valence-electron chi connectivity index (χ4n) is 3.45. The molecule has 0 aliphatic carbocycles. The largest absolute Gasteiger partial charge is 0.444 e. The molecule has 0 amide bonds. The zero-order valence-electron chi connectivity index (χ0n) is 15.4. The van der Waals surface area contributed by atoms with Crippen molar-refractivity contribution in [1.29, 1.82) is 0 Å². The molecule has 1 aliphatic rings. The molecule has 3 heterocycles. The summed E-state index contributed by atoms with van der Waals surface area (Å²) < 4.78 is 5.72. The van der Waals surface area contributed by atoms with E-state index >= 15 is 0 Å². The van der Waals surface area contributed by atoms with Gasteiger partial charge in [-0.25, -0.2) is 4.98 Å². The third-order valence-electron chi connectivity index (χ3n) is 4.98. The number of benzene rings is 1. The predicted octanol–water partition coefficient (Wildman–Crippen LogP) is 5.62. The minimum absolute atomic E-state index is 0. The average Bonchev–Trinajstić information content (AvgIpc) is 3.13. The summed E-state index contributed by atoms with van der Waals surface area (Å²) in [5.41, 5.74) is 4.28. The smallest absolute Gasteiger partial charge is 0.226 e. The molecule has 0 bridgehead atoms. The van der Waals surface area contributed by atoms with Crippen LogP contribution < -0.4 is 0 Å². The minimum Gasteiger partial charge on any atom is -0.444 e. The molecular weight excluding hydrogens is 381 g/mol. The summed E-state index contributed by atoms with van der Waals surface area (Å²) in [6.07, 6.45) is 9.36. The molecule has 1 saturated heterocycles. The van der Waals surface area contributed by atoms with Crippen molar-refractivity contribution in [2.75, 3.05) is 6.54 Å². The quantitative estimate of drug-likeness (QED) is 0.564. The monoisotopic (exact) mass is 405 g/mol. The van der Waals surface area contributed by atoms with Gasteiger partial charge in [-0.05, 0) is 55.6 Å². The second-order valence-electron chi connectivity index (χ2n) is 6.78. The molecule has 0 N–H and O–H groups in total. The molecule has 1 aliphatic heterocycles. The maximum absolute atomic E-state index is 5.72. The molecule has 2 aromatic heterocycles. The molecule has 1 aromatic carbocycles. The first-order valence-corrected chi connectivity index (χ1v) is 8.99. The third-order valence-corrected chi connectivity index (χ3v) is 4.98. The van der Waals surface area contributed by atoms with Crippen molar-refractivity contribution in [2.24, 2.45) is 0 Å². The van der Waals surface area contributed by atoms with Gasteiger partial charge in [-0.1, -0.05) is 24.6 Å². The molecular formula is C21H25Cl2N3O. The predicted molar refractivity (Wildman–Crippen MR) is 113 cm³/mol. The maximum atomic E-state index is 5.72. The zero-order valence-corrected chi connectivity index (χ0v) is 17.0. The third kappa shape index (κ3) is 5.10. The summed E-state index contributed by atoms with van der Waals surface area (Å²) in [5.74, 6) is 0.692. The molecule has 0 radical (unpaired) electrons. The molecule has 4 nitrogen and oxygen atoms in total. The Morgan fingerprint density at radius 2 is 1.81 bits per heavy atom. The highest BCUT2D eigenvalue weighted by Crippen LogP contribution is 2.25. The van der Waals surface area contributed by atoms with Crippen LogP contribution in [0.3, 0.4) is 0 Å². The van der Waals surface area contributed by atoms with Gasteiger partial charge < -0.3 is 4.42 Å². The van der Waals surface area contributed by atoms with Crippen molar-refractivity contribution < 1.29 is 4.42 Å². The summed E-state index contributed by atoms with van der Waals surface area (Å²) in [4.78, 5) is 11.4. The number of piperidine rings is 1. The van der Waals surface area contributed by atoms with Gasteiger partial charge in [0.15, 0.2) is 0 Å². The van der Waals surface area contributed by atoms with Gasteiger partial charge >= 0.3 is 0 Å². The van der Waals surface area contributed by atoms with E-state index in [4.69, 9.17) is 9.40 Å². The van der Waals surface area contributed by atoms with Crippen LogP contribution in [0, 0.1) is 0 Å². The molecule has 1 atom stereocenters. The first-order chi connectivity index (χ1) is 12.3. The normalized spacial score (nSPS) is 17.0. The van der Waals surface area contributed by atoms with E-state index in [2.05, 4.69) is 47.1 Å². The van der Waals surface area contributed by atoms with Crippen LogP contribution in [-0.4, -0.2) is 27.5 Å². The topological polar surface area (TPSA) is 42.2 Å². The molecule has 3 aromatic rings. The van der Waals surface area contributed by atoms with E-state index in [0.717, 1.165) is 35.5 Å². The minimum atomic E-state index is 0. The van der Waals surface area contributed by atoms with Gasteiger partial charge in [0.25, 0.3) is 0 Å². The molecule has 0 saturated carbocycles. The van der Waals surface area contributed by atoms with Gasteiger partial charge in [-0.15, -0.1) is 24.8 Å². The van der Waals surface area contributed by atoms with Gasteiger partial charge in [-0.2, -0.15) is 0 Å². The second kappa shape index (κ2) is 9.88. The maximum Gasteiger partial charge on any atom is 0.226 e. The number of likely N-dealkylation sites (tertiary alicyclic amines) is 1. The summed E-state index contributed by atoms with van der Waals surface area (Å²) >= 11 is 0. The Morgan fingerprint density at radius 3 is 2.52 bits per heavy atom. The Hall–Kier alpha value is -1.88. The van der Waals surface area contributed by atoms with Gasteiger partial charge in [0, 0.05) is 30.5 Å². The van der Waals surface area contributed by atoms with Crippen LogP contribution in [0.5, 0.6) is 0 Å². The van der Waals surface area contributed by atoms with Crippen molar-refractivity contribution >= 4 is 24.8 Å². The number of nitrogens with zero attached hydrogens (tertiary/aromatic N) is 3. The number of hydrogen-bond donors (Lipinski definition) is 0. The number of aromatic nitrogens is 2. The van der Waals surface area contributed by atoms with Crippen LogP contribution in [0.1, 0.15) is 31.9 Å². The summed E-state index contributed by atoms with van der Waals surface area (Å²) in [7, 11) is 0. The molecule has 27 heavy (non-hydrogen) atoms. The Balaban J connectivity index is 0.00000131. The van der Waals surface area contributed by atoms with E-state index in [1.54, 1.807) is 12.5 Å². The average molecular weight is 406 g/mol. The summed E-state index contributed by atoms with van der Waals surface area (Å²) in [6, 6.07) is 12.9. The molecule has 0 spiro atoms. The lowest BCUT2D eigenvalue weighted by Crippen LogP contribution is -2.36. The number of pyridine rings is 1. The second-order valence-corrected chi connectivity index (χ2v) is 6.78. The van der Waals surface area contributed by atoms with Gasteiger partial charge in [0.05, 0.1) is 5.69 Å². The summed E-state index contributed by atoms with van der Waals surface area (Å²) in [6.45, 7) is 4.33. The van der Waals surface area contributed by atoms with Gasteiger partial charge in [0.1, 0.15) is 6.26 Å². The van der Waals surface area contributed by atoms with E-state index in [1.165, 1.54) is 19.3 Å². The van der Waals surface area contributed by atoms with E-state index in [-0.39, 0.29) is 24.8 Å². The van der Waals surface area contributed by atoms with E-state index < -0.39 is 0 Å². The van der Waals surface area contributed by atoms with Crippen LogP contribution in [0.25, 0.3) is 22.6 Å². The SMILES string of the molecule is CC1CCCCN1Cc1coc(-c2ccc(-c3cccnc3)cc2)n1.Cl.Cl. The van der Waals surface area contributed by atoms with Crippen molar-refractivity contribution in [2.45, 2.75) is 38.8 Å². The fraction of sp³-hybridized carbons (Fsp3) is 0.333. The molecule has 144 valence electrons. The Kier molecular flexibility index (Phi) is 7.84. The van der Waals surface area contributed by atoms with Gasteiger partial charge in [0.2, 0.25) is 5.89 Å². The van der Waals surface area contributed by atoms with Crippen molar-refractivity contribution in [3.63, 3.8) is 0 Å². The zero-order chi connectivity index (χ0) is 17.1. The van der Waals surface area contributed by atoms with Crippen LogP contribution in [0.15, 0.2) is 59.5 Å². The lowest BCUT2D eigenvalue weighted by molar-refractivity contribution is 0.151. The van der Waals surface area contributed by atoms with Crippen molar-refractivity contribution in [3.8, 4) is 22.6 Å². The number of hydrogen-bond acceptors (Lipinski definition) is 4. The Bertz CT molecular complexity index is 821. The number of oxazole rings is 1. The first-order valence-electron chi connectivity index (χ1n) is 8.99. The standard InChI is InChI=1S/C21H23N3O.2ClH/c1-16-5-2-3-12-24(16)14-20-15-25-21(23-20)18-9-7-17(8-10-18)19-6-4-11-22-13-19;;/h4,6-11,13,15-16H,2-3,5,12,14H2,1H3;2*1H. The fourth-order valence-corrected chi connectivity index (χ4v) is 3.45. The molecule has 1 fully saturated rings. The van der Waals surface area contributed by atoms with Crippen LogP contribution >= 0.6 is 24.8 Å². The van der Waals surface area contributed by atoms with E-state index in [9.17, 15) is 0 Å². The lowest BCUT2D eigenvalue weighted by atomic mass is 10.0. The van der Waals surface area contributed by atoms with Crippen LogP contribution in [0.2, 0.25) is 0 Å². The highest BCUT2D eigenvalue weighted by molar-refractivity contribution is 5.85. The molecule has 1 unspecified atom stereocenters. The highest BCUT2D eigenvalue weighted by Gasteiger charge is 2.19. The number of halogens is 2. The lowest BCUT2D eigenvalue weighted by Gasteiger charge is -2.32. The van der Waals surface area contributed by atoms with Gasteiger partial charge in [-0.3, -0.25) is 9.88 Å². The molecule has 4 rings (SSSR count). The van der Waals surface area contributed by atoms with E-state index in [0.29, 0.717) is 11.9 Å². The van der Waals surface area contributed by atoms with Crippen LogP contribution in [0.4, 0.5) is 0 Å². The first kappa shape index (κ1) is 21.4. The van der Waals surface area contributed by atoms with Crippen molar-refractivity contribution in [1.82, 2.24) is 14.9 Å². The Labute approximate surface area is 172 Å².